The molecule has 0 unspecified atom stereocenters. The van der Waals surface area contributed by atoms with E-state index in [0.29, 0.717) is 0 Å². The van der Waals surface area contributed by atoms with E-state index >= 15 is 0 Å². The van der Waals surface area contributed by atoms with Crippen LogP contribution in [0.1, 0.15) is 0 Å². The number of hydrogen-bond acceptors (Lipinski definition) is 1. The molecule has 0 N–H and O–H groups in total. The van der Waals surface area contributed by atoms with Gasteiger partial charge in [-0.2, -0.15) is 0 Å². The maximum absolute atomic E-state index is 2.39. The third kappa shape index (κ3) is 6.12. The van der Waals surface area contributed by atoms with Crippen LogP contribution >= 0.6 is 0 Å². The van der Waals surface area contributed by atoms with Crippen molar-refractivity contribution in [2.75, 3.05) is 4.90 Å². The van der Waals surface area contributed by atoms with Gasteiger partial charge in [-0.1, -0.05) is 188 Å². The summed E-state index contributed by atoms with van der Waals surface area (Å²) in [5, 5.41) is 7.52. The van der Waals surface area contributed by atoms with Gasteiger partial charge in [-0.15, -0.1) is 0 Å². The number of anilines is 3. The van der Waals surface area contributed by atoms with E-state index in [2.05, 4.69) is 229 Å². The quantitative estimate of drug-likeness (QED) is 0.160. The normalized spacial score (nSPS) is 11.3. The second-order valence-electron chi connectivity index (χ2n) is 14.1. The van der Waals surface area contributed by atoms with Crippen LogP contribution in [0.15, 0.2) is 224 Å². The molecule has 1 nitrogen and oxygen atoms in total. The average Bonchev–Trinajstić information content (AvgIpc) is 3.26. The average molecular weight is 700 g/mol. The van der Waals surface area contributed by atoms with E-state index in [1.54, 1.807) is 0 Å². The molecule has 0 saturated carbocycles. The van der Waals surface area contributed by atoms with Gasteiger partial charge in [0.05, 0.1) is 0 Å². The molecule has 0 aliphatic heterocycles. The van der Waals surface area contributed by atoms with E-state index in [1.165, 1.54) is 76.8 Å². The first-order valence-electron chi connectivity index (χ1n) is 18.9. The van der Waals surface area contributed by atoms with E-state index in [0.717, 1.165) is 17.1 Å². The zero-order chi connectivity index (χ0) is 36.6. The fourth-order valence-corrected chi connectivity index (χ4v) is 8.15. The van der Waals surface area contributed by atoms with Crippen molar-refractivity contribution in [1.29, 1.82) is 0 Å². The monoisotopic (exact) mass is 699 g/mol. The Morgan fingerprint density at radius 3 is 1.02 bits per heavy atom. The lowest BCUT2D eigenvalue weighted by Gasteiger charge is -2.27. The maximum Gasteiger partial charge on any atom is 0.0467 e. The zero-order valence-electron chi connectivity index (χ0n) is 30.3. The molecule has 55 heavy (non-hydrogen) atoms. The fourth-order valence-electron chi connectivity index (χ4n) is 8.15. The highest BCUT2D eigenvalue weighted by Gasteiger charge is 2.16. The molecule has 0 radical (unpaired) electrons. The molecule has 0 aliphatic rings. The molecule has 1 heteroatoms. The molecule has 0 heterocycles. The lowest BCUT2D eigenvalue weighted by Crippen LogP contribution is -2.10. The van der Waals surface area contributed by atoms with Crippen LogP contribution in [0.3, 0.4) is 0 Å². The van der Waals surface area contributed by atoms with E-state index in [-0.39, 0.29) is 0 Å². The lowest BCUT2D eigenvalue weighted by atomic mass is 9.96. The minimum atomic E-state index is 1.10. The molecule has 10 rings (SSSR count). The summed E-state index contributed by atoms with van der Waals surface area (Å²) in [6, 6.07) is 81.4. The molecule has 0 bridgehead atoms. The SMILES string of the molecule is c1cc(-c2cccc3ccccc23)cc(N(c2ccc(-c3ccc(-c4cccc5ccccc45)cc3)cc2)c2cccc(-c3cccc4ccccc34)c2)c1. The summed E-state index contributed by atoms with van der Waals surface area (Å²) in [7, 11) is 0. The summed E-state index contributed by atoms with van der Waals surface area (Å²) >= 11 is 0. The molecule has 0 amide bonds. The summed E-state index contributed by atoms with van der Waals surface area (Å²) in [4.78, 5) is 2.39. The van der Waals surface area contributed by atoms with Crippen LogP contribution in [-0.2, 0) is 0 Å². The minimum Gasteiger partial charge on any atom is -0.310 e. The van der Waals surface area contributed by atoms with Crippen molar-refractivity contribution >= 4 is 49.4 Å². The predicted octanol–water partition coefficient (Wildman–Crippen LogP) is 15.3. The minimum absolute atomic E-state index is 1.10. The maximum atomic E-state index is 2.39. The van der Waals surface area contributed by atoms with Crippen molar-refractivity contribution in [3.05, 3.63) is 224 Å². The Balaban J connectivity index is 1.06. The summed E-state index contributed by atoms with van der Waals surface area (Å²) in [6.07, 6.45) is 0. The van der Waals surface area contributed by atoms with Crippen molar-refractivity contribution in [2.24, 2.45) is 0 Å². The van der Waals surface area contributed by atoms with Crippen LogP contribution in [-0.4, -0.2) is 0 Å². The Morgan fingerprint density at radius 1 is 0.218 bits per heavy atom. The first-order chi connectivity index (χ1) is 27.3. The Bertz CT molecular complexity index is 2840. The molecule has 0 aliphatic carbocycles. The van der Waals surface area contributed by atoms with Crippen LogP contribution < -0.4 is 4.90 Å². The van der Waals surface area contributed by atoms with Crippen LogP contribution in [0.5, 0.6) is 0 Å². The van der Waals surface area contributed by atoms with Crippen LogP contribution in [0.25, 0.3) is 76.8 Å². The number of rotatable bonds is 7. The number of benzene rings is 10. The van der Waals surface area contributed by atoms with Gasteiger partial charge in [-0.3, -0.25) is 0 Å². The van der Waals surface area contributed by atoms with Crippen molar-refractivity contribution < 1.29 is 0 Å². The lowest BCUT2D eigenvalue weighted by molar-refractivity contribution is 1.28. The van der Waals surface area contributed by atoms with Crippen molar-refractivity contribution in [2.45, 2.75) is 0 Å². The van der Waals surface area contributed by atoms with Crippen LogP contribution in [0, 0.1) is 0 Å². The third-order valence-electron chi connectivity index (χ3n) is 10.9. The van der Waals surface area contributed by atoms with Crippen molar-refractivity contribution in [3.8, 4) is 44.5 Å². The van der Waals surface area contributed by atoms with Gasteiger partial charge >= 0.3 is 0 Å². The number of hydrogen-bond donors (Lipinski definition) is 0. The molecular weight excluding hydrogens is 663 g/mol. The van der Waals surface area contributed by atoms with Crippen molar-refractivity contribution in [3.63, 3.8) is 0 Å². The topological polar surface area (TPSA) is 3.24 Å². The van der Waals surface area contributed by atoms with E-state index < -0.39 is 0 Å². The number of nitrogens with zero attached hydrogens (tertiary/aromatic N) is 1. The standard InChI is InChI=1S/C54H37N/c1-4-22-49-40(12-1)15-9-25-52(49)43-30-28-38(29-31-43)39-32-34-46(35-33-39)55(47-20-7-18-44(36-47)53-26-10-16-41-13-2-5-23-50(41)53)48-21-8-19-45(37-48)54-27-11-17-42-14-3-6-24-51(42)54/h1-37H. The summed E-state index contributed by atoms with van der Waals surface area (Å²) in [6.45, 7) is 0. The molecule has 0 saturated heterocycles. The van der Waals surface area contributed by atoms with E-state index in [9.17, 15) is 0 Å². The molecule has 258 valence electrons. The van der Waals surface area contributed by atoms with Gasteiger partial charge in [0.25, 0.3) is 0 Å². The van der Waals surface area contributed by atoms with Gasteiger partial charge in [0.15, 0.2) is 0 Å². The van der Waals surface area contributed by atoms with Gasteiger partial charge in [0.2, 0.25) is 0 Å². The molecule has 0 fully saturated rings. The molecule has 10 aromatic rings. The molecule has 0 aromatic heterocycles. The zero-order valence-corrected chi connectivity index (χ0v) is 30.3. The summed E-state index contributed by atoms with van der Waals surface area (Å²) < 4.78 is 0. The second-order valence-corrected chi connectivity index (χ2v) is 14.1. The number of fused-ring (bicyclic) bond motifs is 3. The van der Waals surface area contributed by atoms with E-state index in [1.807, 2.05) is 0 Å². The van der Waals surface area contributed by atoms with Crippen LogP contribution in [0.4, 0.5) is 17.1 Å². The van der Waals surface area contributed by atoms with Gasteiger partial charge < -0.3 is 4.90 Å². The highest BCUT2D eigenvalue weighted by atomic mass is 15.1. The third-order valence-corrected chi connectivity index (χ3v) is 10.9. The van der Waals surface area contributed by atoms with Crippen molar-refractivity contribution in [1.82, 2.24) is 0 Å². The molecule has 0 atom stereocenters. The molecular formula is C54H37N. The molecule has 0 spiro atoms. The largest absolute Gasteiger partial charge is 0.310 e. The van der Waals surface area contributed by atoms with Gasteiger partial charge in [0, 0.05) is 17.1 Å². The van der Waals surface area contributed by atoms with Gasteiger partial charge in [-0.05, 0) is 113 Å². The first kappa shape index (κ1) is 32.4. The molecule has 10 aromatic carbocycles. The second kappa shape index (κ2) is 14.0. The fraction of sp³-hybridized carbons (Fsp3) is 0. The van der Waals surface area contributed by atoms with Crippen LogP contribution in [0.2, 0.25) is 0 Å². The smallest absolute Gasteiger partial charge is 0.0467 e. The van der Waals surface area contributed by atoms with Gasteiger partial charge in [-0.25, -0.2) is 0 Å². The Hall–Kier alpha value is -7.22. The highest BCUT2D eigenvalue weighted by Crippen LogP contribution is 2.41. The Morgan fingerprint density at radius 2 is 0.564 bits per heavy atom. The Kier molecular flexibility index (Phi) is 8.24. The predicted molar refractivity (Wildman–Crippen MR) is 235 cm³/mol. The Labute approximate surface area is 322 Å². The summed E-state index contributed by atoms with van der Waals surface area (Å²) in [5.41, 5.74) is 13.0. The van der Waals surface area contributed by atoms with E-state index in [4.69, 9.17) is 0 Å². The first-order valence-corrected chi connectivity index (χ1v) is 18.9. The van der Waals surface area contributed by atoms with Gasteiger partial charge in [0.1, 0.15) is 0 Å². The summed E-state index contributed by atoms with van der Waals surface area (Å²) in [5.74, 6) is 0. The highest BCUT2D eigenvalue weighted by molar-refractivity contribution is 6.00.